The Kier molecular flexibility index (Phi) is 7.30. The first-order chi connectivity index (χ1) is 11.5. The number of nitrogens with two attached hydrogens (primary N) is 1. The number of carbonyl (C=O) groups excluding carboxylic acids is 1. The molecule has 1 amide bonds. The predicted octanol–water partition coefficient (Wildman–Crippen LogP) is 1.97. The number of nitrogens with one attached hydrogen (secondary N) is 1. The minimum absolute atomic E-state index is 0.155. The van der Waals surface area contributed by atoms with Crippen LogP contribution in [0.5, 0.6) is 5.75 Å². The normalized spacial score (nSPS) is 16.9. The van der Waals surface area contributed by atoms with Gasteiger partial charge in [0.15, 0.2) is 0 Å². The van der Waals surface area contributed by atoms with Gasteiger partial charge in [0.05, 0.1) is 11.1 Å². The van der Waals surface area contributed by atoms with Crippen LogP contribution in [0.15, 0.2) is 18.2 Å². The molecule has 1 aromatic rings. The van der Waals surface area contributed by atoms with E-state index in [1.54, 1.807) is 18.2 Å². The molecule has 0 saturated carbocycles. The first kappa shape index (κ1) is 19.0. The maximum atomic E-state index is 12.3. The van der Waals surface area contributed by atoms with E-state index in [4.69, 9.17) is 26.8 Å². The quantitative estimate of drug-likeness (QED) is 0.782. The van der Waals surface area contributed by atoms with Crippen molar-refractivity contribution in [2.75, 3.05) is 45.8 Å². The maximum absolute atomic E-state index is 12.3. The van der Waals surface area contributed by atoms with Gasteiger partial charge in [-0.05, 0) is 51.1 Å². The lowest BCUT2D eigenvalue weighted by atomic mass is 9.92. The van der Waals surface area contributed by atoms with Crippen molar-refractivity contribution in [2.45, 2.75) is 18.9 Å². The van der Waals surface area contributed by atoms with Crippen LogP contribution in [0.1, 0.15) is 12.8 Å². The number of hydrogen-bond acceptors (Lipinski definition) is 5. The van der Waals surface area contributed by atoms with Crippen molar-refractivity contribution in [1.82, 2.24) is 4.90 Å². The van der Waals surface area contributed by atoms with E-state index in [1.807, 2.05) is 19.0 Å². The Morgan fingerprint density at radius 2 is 2.17 bits per heavy atom. The molecule has 0 bridgehead atoms. The Morgan fingerprint density at radius 3 is 2.79 bits per heavy atom. The molecule has 0 aromatic heterocycles. The van der Waals surface area contributed by atoms with Gasteiger partial charge in [-0.15, -0.1) is 0 Å². The average Bonchev–Trinajstić information content (AvgIpc) is 2.56. The third-order valence-electron chi connectivity index (χ3n) is 4.07. The number of benzene rings is 1. The molecule has 6 nitrogen and oxygen atoms in total. The predicted molar refractivity (Wildman–Crippen MR) is 95.6 cm³/mol. The largest absolute Gasteiger partial charge is 0.491 e. The van der Waals surface area contributed by atoms with Crippen LogP contribution in [0.4, 0.5) is 5.69 Å². The van der Waals surface area contributed by atoms with E-state index in [2.05, 4.69) is 5.32 Å². The lowest BCUT2D eigenvalue weighted by molar-refractivity contribution is -0.119. The number of halogens is 1. The van der Waals surface area contributed by atoms with Crippen LogP contribution < -0.4 is 15.8 Å². The zero-order chi connectivity index (χ0) is 17.5. The van der Waals surface area contributed by atoms with Crippen molar-refractivity contribution >= 4 is 23.2 Å². The zero-order valence-electron chi connectivity index (χ0n) is 14.3. The number of likely N-dealkylation sites (N-methyl/N-ethyl adjacent to an activating group) is 1. The second-order valence-corrected chi connectivity index (χ2v) is 6.67. The molecule has 24 heavy (non-hydrogen) atoms. The molecule has 0 radical (unpaired) electrons. The molecular weight excluding hydrogens is 330 g/mol. The topological polar surface area (TPSA) is 76.8 Å². The van der Waals surface area contributed by atoms with Gasteiger partial charge >= 0.3 is 0 Å². The molecule has 1 aliphatic heterocycles. The van der Waals surface area contributed by atoms with Crippen molar-refractivity contribution in [3.05, 3.63) is 23.2 Å². The van der Waals surface area contributed by atoms with E-state index in [9.17, 15) is 4.79 Å². The molecule has 0 aliphatic carbocycles. The summed E-state index contributed by atoms with van der Waals surface area (Å²) in [6.07, 6.45) is 1.63. The van der Waals surface area contributed by atoms with Gasteiger partial charge in [0.1, 0.15) is 12.4 Å². The van der Waals surface area contributed by atoms with Crippen LogP contribution in [-0.4, -0.2) is 57.3 Å². The number of nitrogens with zero attached hydrogens (tertiary/aromatic N) is 1. The van der Waals surface area contributed by atoms with Crippen LogP contribution in [0.25, 0.3) is 0 Å². The fourth-order valence-corrected chi connectivity index (χ4v) is 2.78. The highest BCUT2D eigenvalue weighted by Crippen LogP contribution is 2.28. The second-order valence-electron chi connectivity index (χ2n) is 6.26. The molecule has 3 N–H and O–H groups in total. The molecule has 2 rings (SSSR count). The maximum Gasteiger partial charge on any atom is 0.241 e. The van der Waals surface area contributed by atoms with Crippen molar-refractivity contribution in [2.24, 2.45) is 11.7 Å². The molecule has 1 saturated heterocycles. The highest BCUT2D eigenvalue weighted by molar-refractivity contribution is 6.32. The summed E-state index contributed by atoms with van der Waals surface area (Å²) < 4.78 is 10.9. The van der Waals surface area contributed by atoms with E-state index in [-0.39, 0.29) is 11.8 Å². The monoisotopic (exact) mass is 355 g/mol. The summed E-state index contributed by atoms with van der Waals surface area (Å²) in [5.74, 6) is 0.562. The van der Waals surface area contributed by atoms with Crippen molar-refractivity contribution < 1.29 is 14.3 Å². The summed E-state index contributed by atoms with van der Waals surface area (Å²) >= 11 is 6.22. The highest BCUT2D eigenvalue weighted by atomic mass is 35.5. The highest BCUT2D eigenvalue weighted by Gasteiger charge is 2.26. The molecule has 1 atom stereocenters. The van der Waals surface area contributed by atoms with E-state index < -0.39 is 6.04 Å². The van der Waals surface area contributed by atoms with Crippen LogP contribution in [0, 0.1) is 5.92 Å². The van der Waals surface area contributed by atoms with Gasteiger partial charge in [-0.25, -0.2) is 0 Å². The van der Waals surface area contributed by atoms with Crippen LogP contribution in [-0.2, 0) is 9.53 Å². The Hall–Kier alpha value is -1.34. The van der Waals surface area contributed by atoms with E-state index >= 15 is 0 Å². The smallest absolute Gasteiger partial charge is 0.241 e. The molecule has 134 valence electrons. The summed E-state index contributed by atoms with van der Waals surface area (Å²) in [5, 5.41) is 3.29. The van der Waals surface area contributed by atoms with Crippen molar-refractivity contribution in [3.63, 3.8) is 0 Å². The van der Waals surface area contributed by atoms with Crippen molar-refractivity contribution in [3.8, 4) is 5.75 Å². The van der Waals surface area contributed by atoms with E-state index in [0.29, 0.717) is 36.3 Å². The SMILES string of the molecule is CN(C)CCOc1ccc(NC(=O)C(N)C2CCOCC2)cc1Cl. The van der Waals surface area contributed by atoms with Gasteiger partial charge in [0.2, 0.25) is 5.91 Å². The molecule has 1 unspecified atom stereocenters. The lowest BCUT2D eigenvalue weighted by Gasteiger charge is -2.26. The number of amides is 1. The summed E-state index contributed by atoms with van der Waals surface area (Å²) in [6.45, 7) is 2.68. The van der Waals surface area contributed by atoms with Gasteiger partial charge in [-0.2, -0.15) is 0 Å². The number of carbonyl (C=O) groups is 1. The van der Waals surface area contributed by atoms with Crippen LogP contribution >= 0.6 is 11.6 Å². The average molecular weight is 356 g/mol. The summed E-state index contributed by atoms with van der Waals surface area (Å²) in [6, 6.07) is 4.67. The standard InChI is InChI=1S/C17H26ClN3O3/c1-21(2)7-10-24-15-4-3-13(11-14(15)18)20-17(22)16(19)12-5-8-23-9-6-12/h3-4,11-12,16H,5-10,19H2,1-2H3,(H,20,22). The van der Waals surface area contributed by atoms with Gasteiger partial charge in [0, 0.05) is 25.4 Å². The second kappa shape index (κ2) is 9.22. The number of rotatable bonds is 7. The van der Waals surface area contributed by atoms with Gasteiger partial charge in [-0.1, -0.05) is 11.6 Å². The molecular formula is C17H26ClN3O3. The summed E-state index contributed by atoms with van der Waals surface area (Å²) in [5.41, 5.74) is 6.69. The Bertz CT molecular complexity index is 548. The van der Waals surface area contributed by atoms with Gasteiger partial charge < -0.3 is 25.4 Å². The molecule has 0 spiro atoms. The number of ether oxygens (including phenoxy) is 2. The molecule has 7 heteroatoms. The lowest BCUT2D eigenvalue weighted by Crippen LogP contribution is -2.44. The Balaban J connectivity index is 1.89. The third kappa shape index (κ3) is 5.63. The third-order valence-corrected chi connectivity index (χ3v) is 4.37. The minimum Gasteiger partial charge on any atom is -0.491 e. The molecule has 1 heterocycles. The molecule has 1 aliphatic rings. The Labute approximate surface area is 148 Å². The fourth-order valence-electron chi connectivity index (χ4n) is 2.55. The van der Waals surface area contributed by atoms with E-state index in [1.165, 1.54) is 0 Å². The molecule has 1 aromatic carbocycles. The van der Waals surface area contributed by atoms with Gasteiger partial charge in [-0.3, -0.25) is 4.79 Å². The zero-order valence-corrected chi connectivity index (χ0v) is 15.0. The number of anilines is 1. The van der Waals surface area contributed by atoms with Crippen LogP contribution in [0.2, 0.25) is 5.02 Å². The van der Waals surface area contributed by atoms with Crippen LogP contribution in [0.3, 0.4) is 0 Å². The first-order valence-electron chi connectivity index (χ1n) is 8.18. The minimum atomic E-state index is -0.538. The fraction of sp³-hybridized carbons (Fsp3) is 0.588. The first-order valence-corrected chi connectivity index (χ1v) is 8.56. The molecule has 1 fully saturated rings. The van der Waals surface area contributed by atoms with Gasteiger partial charge in [0.25, 0.3) is 0 Å². The van der Waals surface area contributed by atoms with E-state index in [0.717, 1.165) is 19.4 Å². The summed E-state index contributed by atoms with van der Waals surface area (Å²) in [7, 11) is 3.95. The number of hydrogen-bond donors (Lipinski definition) is 2. The Morgan fingerprint density at radius 1 is 1.46 bits per heavy atom. The van der Waals surface area contributed by atoms with Crippen molar-refractivity contribution in [1.29, 1.82) is 0 Å². The summed E-state index contributed by atoms with van der Waals surface area (Å²) in [4.78, 5) is 14.3.